The Morgan fingerprint density at radius 1 is 0.935 bits per heavy atom. The molecule has 3 aromatic carbocycles. The fourth-order valence-corrected chi connectivity index (χ4v) is 4.38. The lowest BCUT2D eigenvalue weighted by atomic mass is 10.2. The quantitative estimate of drug-likeness (QED) is 0.355. The highest BCUT2D eigenvalue weighted by Crippen LogP contribution is 2.47. The summed E-state index contributed by atoms with van der Waals surface area (Å²) in [7, 11) is 0. The van der Waals surface area contributed by atoms with E-state index in [-0.39, 0.29) is 24.0 Å². The number of anilines is 2. The molecule has 152 valence electrons. The molecule has 0 atom stereocenters. The van der Waals surface area contributed by atoms with Gasteiger partial charge in [-0.05, 0) is 41.6 Å². The van der Waals surface area contributed by atoms with Crippen molar-refractivity contribution < 1.29 is 9.72 Å². The summed E-state index contributed by atoms with van der Waals surface area (Å²) in [5.74, 6) is 0.0885. The number of para-hydroxylation sites is 2. The van der Waals surface area contributed by atoms with Crippen LogP contribution in [0.15, 0.2) is 82.6 Å². The predicted molar refractivity (Wildman–Crippen MR) is 114 cm³/mol. The highest BCUT2D eigenvalue weighted by atomic mass is 32.2. The number of hydrogen-bond donors (Lipinski definition) is 0. The number of non-ortho nitro benzene ring substituents is 1. The third kappa shape index (κ3) is 3.53. The zero-order chi connectivity index (χ0) is 21.4. The minimum absolute atomic E-state index is 0.0216. The summed E-state index contributed by atoms with van der Waals surface area (Å²) >= 11 is 1.62. The molecule has 1 aliphatic heterocycles. The third-order valence-electron chi connectivity index (χ3n) is 4.75. The number of nitrogens with zero attached hydrogens (tertiary/aromatic N) is 6. The molecule has 31 heavy (non-hydrogen) atoms. The molecule has 0 saturated carbocycles. The summed E-state index contributed by atoms with van der Waals surface area (Å²) in [4.78, 5) is 28.5. The van der Waals surface area contributed by atoms with Gasteiger partial charge in [-0.15, -0.1) is 10.2 Å². The fourth-order valence-electron chi connectivity index (χ4n) is 3.32. The van der Waals surface area contributed by atoms with Gasteiger partial charge in [0.15, 0.2) is 0 Å². The number of tetrazole rings is 1. The van der Waals surface area contributed by atoms with Gasteiger partial charge in [-0.2, -0.15) is 4.80 Å². The van der Waals surface area contributed by atoms with E-state index in [1.807, 2.05) is 48.5 Å². The van der Waals surface area contributed by atoms with E-state index >= 15 is 0 Å². The van der Waals surface area contributed by atoms with E-state index < -0.39 is 4.92 Å². The molecule has 0 saturated heterocycles. The van der Waals surface area contributed by atoms with Gasteiger partial charge in [-0.3, -0.25) is 19.8 Å². The molecule has 0 radical (unpaired) electrons. The maximum Gasteiger partial charge on any atom is 0.269 e. The summed E-state index contributed by atoms with van der Waals surface area (Å²) in [6.45, 7) is -0.104. The predicted octanol–water partition coefficient (Wildman–Crippen LogP) is 4.08. The summed E-state index contributed by atoms with van der Waals surface area (Å²) in [6, 6.07) is 21.3. The first kappa shape index (κ1) is 18.9. The number of nitro groups is 1. The second kappa shape index (κ2) is 7.65. The first-order chi connectivity index (χ1) is 15.1. The molecule has 1 amide bonds. The van der Waals surface area contributed by atoms with Crippen LogP contribution in [-0.4, -0.2) is 31.0 Å². The van der Waals surface area contributed by atoms with Crippen LogP contribution < -0.4 is 4.90 Å². The Balaban J connectivity index is 1.42. The van der Waals surface area contributed by atoms with E-state index in [1.54, 1.807) is 28.8 Å². The number of aromatic nitrogens is 4. The Bertz CT molecular complexity index is 1260. The molecule has 0 bridgehead atoms. The smallest absolute Gasteiger partial charge is 0.269 e. The molecule has 10 heteroatoms. The minimum atomic E-state index is -0.473. The summed E-state index contributed by atoms with van der Waals surface area (Å²) in [5.41, 5.74) is 2.18. The van der Waals surface area contributed by atoms with Crippen molar-refractivity contribution in [1.82, 2.24) is 20.2 Å². The van der Waals surface area contributed by atoms with Crippen molar-refractivity contribution in [1.29, 1.82) is 0 Å². The second-order valence-corrected chi connectivity index (χ2v) is 7.80. The monoisotopic (exact) mass is 430 g/mol. The summed E-state index contributed by atoms with van der Waals surface area (Å²) < 4.78 is 0. The number of rotatable bonds is 4. The molecular formula is C21H14N6O3S. The van der Waals surface area contributed by atoms with E-state index in [9.17, 15) is 14.9 Å². The van der Waals surface area contributed by atoms with Crippen LogP contribution in [-0.2, 0) is 11.3 Å². The Morgan fingerprint density at radius 2 is 1.55 bits per heavy atom. The van der Waals surface area contributed by atoms with Crippen molar-refractivity contribution in [2.24, 2.45) is 0 Å². The van der Waals surface area contributed by atoms with Gasteiger partial charge in [-0.25, -0.2) is 0 Å². The third-order valence-corrected chi connectivity index (χ3v) is 5.88. The van der Waals surface area contributed by atoms with E-state index in [0.29, 0.717) is 5.56 Å². The van der Waals surface area contributed by atoms with Crippen LogP contribution in [0.25, 0.3) is 11.4 Å². The Morgan fingerprint density at radius 3 is 2.16 bits per heavy atom. The first-order valence-corrected chi connectivity index (χ1v) is 10.1. The molecule has 0 fully saturated rings. The zero-order valence-electron chi connectivity index (χ0n) is 16.0. The Hall–Kier alpha value is -4.05. The molecule has 2 heterocycles. The molecule has 9 nitrogen and oxygen atoms in total. The molecule has 4 aromatic rings. The van der Waals surface area contributed by atoms with Crippen LogP contribution in [0.1, 0.15) is 0 Å². The van der Waals surface area contributed by atoms with E-state index in [4.69, 9.17) is 0 Å². The average molecular weight is 430 g/mol. The van der Waals surface area contributed by atoms with Gasteiger partial charge in [0.25, 0.3) is 11.6 Å². The van der Waals surface area contributed by atoms with Gasteiger partial charge in [0.1, 0.15) is 6.54 Å². The SMILES string of the molecule is O=C(Cn1nnc(-c2ccc([N+](=O)[O-])cc2)n1)N1c2ccccc2Sc2ccccc21. The van der Waals surface area contributed by atoms with E-state index in [2.05, 4.69) is 15.4 Å². The maximum atomic E-state index is 13.3. The van der Waals surface area contributed by atoms with Gasteiger partial charge in [-0.1, -0.05) is 36.0 Å². The minimum Gasteiger partial charge on any atom is -0.277 e. The van der Waals surface area contributed by atoms with Gasteiger partial charge < -0.3 is 0 Å². The largest absolute Gasteiger partial charge is 0.277 e. The molecule has 5 rings (SSSR count). The maximum absolute atomic E-state index is 13.3. The van der Waals surface area contributed by atoms with E-state index in [0.717, 1.165) is 21.2 Å². The van der Waals surface area contributed by atoms with Crippen LogP contribution in [0.3, 0.4) is 0 Å². The van der Waals surface area contributed by atoms with Crippen molar-refractivity contribution in [2.75, 3.05) is 4.90 Å². The van der Waals surface area contributed by atoms with Crippen molar-refractivity contribution in [3.8, 4) is 11.4 Å². The van der Waals surface area contributed by atoms with Crippen LogP contribution in [0.4, 0.5) is 17.1 Å². The number of amides is 1. The van der Waals surface area contributed by atoms with Gasteiger partial charge in [0, 0.05) is 27.5 Å². The van der Waals surface area contributed by atoms with Gasteiger partial charge >= 0.3 is 0 Å². The highest BCUT2D eigenvalue weighted by molar-refractivity contribution is 7.99. The molecule has 0 N–H and O–H groups in total. The van der Waals surface area contributed by atoms with Gasteiger partial charge in [0.2, 0.25) is 5.82 Å². The lowest BCUT2D eigenvalue weighted by Gasteiger charge is -2.30. The highest BCUT2D eigenvalue weighted by Gasteiger charge is 2.28. The van der Waals surface area contributed by atoms with E-state index in [1.165, 1.54) is 16.9 Å². The second-order valence-electron chi connectivity index (χ2n) is 6.71. The van der Waals surface area contributed by atoms with Crippen molar-refractivity contribution in [2.45, 2.75) is 16.3 Å². The molecule has 0 aliphatic carbocycles. The number of benzene rings is 3. The van der Waals surface area contributed by atoms with Crippen LogP contribution in [0.5, 0.6) is 0 Å². The summed E-state index contributed by atoms with van der Waals surface area (Å²) in [6.07, 6.45) is 0. The molecular weight excluding hydrogens is 416 g/mol. The van der Waals surface area contributed by atoms with Crippen LogP contribution in [0.2, 0.25) is 0 Å². The number of fused-ring (bicyclic) bond motifs is 2. The fraction of sp³-hybridized carbons (Fsp3) is 0.0476. The zero-order valence-corrected chi connectivity index (χ0v) is 16.8. The summed E-state index contributed by atoms with van der Waals surface area (Å²) in [5, 5.41) is 23.1. The number of carbonyl (C=O) groups is 1. The molecule has 0 unspecified atom stereocenters. The topological polar surface area (TPSA) is 107 Å². The van der Waals surface area contributed by atoms with Crippen molar-refractivity contribution in [3.63, 3.8) is 0 Å². The van der Waals surface area contributed by atoms with Gasteiger partial charge in [0.05, 0.1) is 16.3 Å². The number of hydrogen-bond acceptors (Lipinski definition) is 7. The molecule has 1 aromatic heterocycles. The number of carbonyl (C=O) groups excluding carboxylic acids is 1. The average Bonchev–Trinajstić information content (AvgIpc) is 3.25. The normalized spacial score (nSPS) is 12.2. The van der Waals surface area contributed by atoms with Crippen molar-refractivity contribution in [3.05, 3.63) is 82.9 Å². The first-order valence-electron chi connectivity index (χ1n) is 9.32. The standard InChI is InChI=1S/C21H14N6O3S/c28-20(13-25-23-21(22-24-25)14-9-11-15(12-10-14)27(29)30)26-16-5-1-3-7-18(16)31-19-8-4-2-6-17(19)26/h1-12H,13H2. The van der Waals surface area contributed by atoms with Crippen LogP contribution in [0, 0.1) is 10.1 Å². The Labute approximate surface area is 180 Å². The number of nitro benzene ring substituents is 1. The lowest BCUT2D eigenvalue weighted by Crippen LogP contribution is -2.32. The Kier molecular flexibility index (Phi) is 4.68. The lowest BCUT2D eigenvalue weighted by molar-refractivity contribution is -0.384. The molecule has 0 spiro atoms. The molecule has 1 aliphatic rings. The van der Waals surface area contributed by atoms with Crippen molar-refractivity contribution >= 4 is 34.7 Å². The van der Waals surface area contributed by atoms with Crippen LogP contribution >= 0.6 is 11.8 Å².